The van der Waals surface area contributed by atoms with Gasteiger partial charge in [-0.3, -0.25) is 0 Å². The number of rotatable bonds is 0. The molecule has 0 saturated heterocycles. The Balaban J connectivity index is 4.40. The second-order valence-corrected chi connectivity index (χ2v) is 12.3. The van der Waals surface area contributed by atoms with E-state index in [0.717, 1.165) is 0 Å². The molecule has 0 nitrogen and oxygen atoms in total. The van der Waals surface area contributed by atoms with Crippen LogP contribution in [0.4, 0.5) is 0 Å². The number of hydrogen-bond donors (Lipinski definition) is 0. The van der Waals surface area contributed by atoms with Gasteiger partial charge in [0.05, 0.1) is 0 Å². The van der Waals surface area contributed by atoms with E-state index in [4.69, 9.17) is 0 Å². The average Bonchev–Trinajstić information content (AvgIpc) is 1.59. The van der Waals surface area contributed by atoms with Gasteiger partial charge in [-0.1, -0.05) is 0 Å². The summed E-state index contributed by atoms with van der Waals surface area (Å²) in [5.74, 6) is 0. The Morgan fingerprint density at radius 1 is 0.800 bits per heavy atom. The maximum atomic E-state index is 2.38. The molecular weight excluding hydrogens is 215 g/mol. The van der Waals surface area contributed by atoms with E-state index in [9.17, 15) is 0 Å². The molecule has 10 heavy (non-hydrogen) atoms. The summed E-state index contributed by atoms with van der Waals surface area (Å²) >= 11 is 1.77. The van der Waals surface area contributed by atoms with Crippen molar-refractivity contribution in [3.8, 4) is 0 Å². The van der Waals surface area contributed by atoms with E-state index in [0.29, 0.717) is 10.1 Å². The Morgan fingerprint density at radius 3 is 1.00 bits per heavy atom. The van der Waals surface area contributed by atoms with Crippen molar-refractivity contribution < 1.29 is 23.3 Å². The van der Waals surface area contributed by atoms with Gasteiger partial charge in [0.15, 0.2) is 0 Å². The van der Waals surface area contributed by atoms with Crippen molar-refractivity contribution in [3.05, 3.63) is 0 Å². The zero-order chi connectivity index (χ0) is 8.58. The standard InChI is InChI=1S/C8H18Si.Zr/c1-7(2,3)9-8(4,5)6;/h1-6H3;/q;+2. The second kappa shape index (κ2) is 3.23. The van der Waals surface area contributed by atoms with Gasteiger partial charge in [0.1, 0.15) is 0 Å². The summed E-state index contributed by atoms with van der Waals surface area (Å²) in [5.41, 5.74) is -0.131. The van der Waals surface area contributed by atoms with Gasteiger partial charge in [-0.2, -0.15) is 0 Å². The second-order valence-electron chi connectivity index (χ2n) is 4.88. The van der Waals surface area contributed by atoms with Gasteiger partial charge in [-0.05, 0) is 0 Å². The third-order valence-electron chi connectivity index (χ3n) is 1.50. The molecule has 0 fully saturated rings. The molecule has 0 bridgehead atoms. The number of hydrogen-bond acceptors (Lipinski definition) is 0. The Bertz CT molecular complexity index is 120. The molecule has 0 spiro atoms. The SMILES string of the molecule is CC(C)(C)[Si](=[Zr+2])C(C)(C)C. The van der Waals surface area contributed by atoms with Crippen LogP contribution in [0.3, 0.4) is 0 Å². The molecule has 0 aliphatic carbocycles. The normalized spacial score (nSPS) is 13.6. The van der Waals surface area contributed by atoms with E-state index in [1.54, 1.807) is 23.3 Å². The van der Waals surface area contributed by atoms with Crippen LogP contribution in [0.25, 0.3) is 0 Å². The van der Waals surface area contributed by atoms with Crippen molar-refractivity contribution in [1.82, 2.24) is 0 Å². The first-order valence-electron chi connectivity index (χ1n) is 3.75. The van der Waals surface area contributed by atoms with Crippen molar-refractivity contribution in [2.45, 2.75) is 51.6 Å². The van der Waals surface area contributed by atoms with Gasteiger partial charge in [0, 0.05) is 0 Å². The minimum absolute atomic E-state index is 0.131. The van der Waals surface area contributed by atoms with Crippen LogP contribution in [0.5, 0.6) is 0 Å². The van der Waals surface area contributed by atoms with Crippen LogP contribution in [0.2, 0.25) is 10.1 Å². The van der Waals surface area contributed by atoms with Crippen molar-refractivity contribution in [3.63, 3.8) is 0 Å². The summed E-state index contributed by atoms with van der Waals surface area (Å²) in [6.07, 6.45) is 0. The summed E-state index contributed by atoms with van der Waals surface area (Å²) in [5, 5.41) is 1.17. The van der Waals surface area contributed by atoms with Gasteiger partial charge < -0.3 is 0 Å². The van der Waals surface area contributed by atoms with E-state index >= 15 is 0 Å². The molecule has 0 amide bonds. The molecule has 0 saturated carbocycles. The zero-order valence-electron chi connectivity index (χ0n) is 8.00. The molecule has 0 unspecified atom stereocenters. The summed E-state index contributed by atoms with van der Waals surface area (Å²) in [6, 6.07) is 0. The van der Waals surface area contributed by atoms with Crippen LogP contribution in [-0.2, 0) is 23.3 Å². The molecule has 0 atom stereocenters. The Hall–Kier alpha value is 1.10. The predicted octanol–water partition coefficient (Wildman–Crippen LogP) is 3.12. The van der Waals surface area contributed by atoms with Gasteiger partial charge in [-0.25, -0.2) is 0 Å². The fourth-order valence-electron chi connectivity index (χ4n) is 1.12. The molecule has 0 aliphatic rings. The quantitative estimate of drug-likeness (QED) is 0.564. The van der Waals surface area contributed by atoms with Gasteiger partial charge >= 0.3 is 80.4 Å². The van der Waals surface area contributed by atoms with Gasteiger partial charge in [0.25, 0.3) is 0 Å². The summed E-state index contributed by atoms with van der Waals surface area (Å²) in [6.45, 7) is 14.3. The van der Waals surface area contributed by atoms with E-state index < -0.39 is 0 Å². The van der Waals surface area contributed by atoms with Gasteiger partial charge in [0.2, 0.25) is 0 Å². The Kier molecular flexibility index (Phi) is 3.58. The van der Waals surface area contributed by atoms with E-state index in [1.165, 1.54) is 0 Å². The molecule has 0 aromatic heterocycles. The fraction of sp³-hybridized carbons (Fsp3) is 1.00. The monoisotopic (exact) mass is 232 g/mol. The van der Waals surface area contributed by atoms with Crippen LogP contribution in [-0.4, -0.2) is 5.43 Å². The minimum atomic E-state index is -0.131. The molecule has 2 heteroatoms. The molecular formula is C8H18SiZr+2. The molecule has 56 valence electrons. The first-order valence-corrected chi connectivity index (χ1v) is 8.94. The summed E-state index contributed by atoms with van der Waals surface area (Å²) < 4.78 is 0. The Morgan fingerprint density at radius 2 is 1.00 bits per heavy atom. The predicted molar refractivity (Wildman–Crippen MR) is 45.2 cm³/mol. The fourth-order valence-corrected chi connectivity index (χ4v) is 3.38. The van der Waals surface area contributed by atoms with Crippen molar-refractivity contribution in [1.29, 1.82) is 0 Å². The maximum absolute atomic E-state index is 2.38. The molecule has 0 aromatic carbocycles. The molecule has 0 aliphatic heterocycles. The summed E-state index contributed by atoms with van der Waals surface area (Å²) in [4.78, 5) is 0. The molecule has 0 rings (SSSR count). The van der Waals surface area contributed by atoms with Crippen LogP contribution < -0.4 is 0 Å². The molecule has 0 heterocycles. The van der Waals surface area contributed by atoms with E-state index in [2.05, 4.69) is 41.5 Å². The van der Waals surface area contributed by atoms with Crippen molar-refractivity contribution in [2.75, 3.05) is 0 Å². The van der Waals surface area contributed by atoms with Crippen LogP contribution in [0, 0.1) is 0 Å². The van der Waals surface area contributed by atoms with E-state index in [-0.39, 0.29) is 5.43 Å². The average molecular weight is 234 g/mol. The van der Waals surface area contributed by atoms with Crippen LogP contribution in [0.1, 0.15) is 41.5 Å². The molecule has 0 radical (unpaired) electrons. The van der Waals surface area contributed by atoms with Crippen molar-refractivity contribution >= 4 is 5.43 Å². The third-order valence-corrected chi connectivity index (χ3v) is 15.6. The Labute approximate surface area is 80.2 Å². The third kappa shape index (κ3) is 3.48. The first kappa shape index (κ1) is 11.1. The zero-order valence-corrected chi connectivity index (χ0v) is 11.5. The molecule has 0 aromatic rings. The first-order chi connectivity index (χ1) is 4.15. The molecule has 0 N–H and O–H groups in total. The van der Waals surface area contributed by atoms with Gasteiger partial charge in [-0.15, -0.1) is 0 Å². The van der Waals surface area contributed by atoms with E-state index in [1.807, 2.05) is 0 Å². The van der Waals surface area contributed by atoms with Crippen LogP contribution >= 0.6 is 0 Å². The topological polar surface area (TPSA) is 0 Å². The van der Waals surface area contributed by atoms with Crippen molar-refractivity contribution in [2.24, 2.45) is 0 Å². The van der Waals surface area contributed by atoms with Crippen LogP contribution in [0.15, 0.2) is 0 Å². The summed E-state index contributed by atoms with van der Waals surface area (Å²) in [7, 11) is 0.